The molecule has 0 aromatic heterocycles. The highest BCUT2D eigenvalue weighted by atomic mass is 32.2. The fourth-order valence-electron chi connectivity index (χ4n) is 3.84. The first-order valence-electron chi connectivity index (χ1n) is 9.80. The highest BCUT2D eigenvalue weighted by Gasteiger charge is 2.22. The minimum absolute atomic E-state index is 0.129. The van der Waals surface area contributed by atoms with E-state index in [1.807, 2.05) is 35.2 Å². The summed E-state index contributed by atoms with van der Waals surface area (Å²) in [5.74, 6) is 0.210. The molecular formula is C22H24N2O3S. The third kappa shape index (κ3) is 3.87. The van der Waals surface area contributed by atoms with Crippen molar-refractivity contribution in [3.63, 3.8) is 0 Å². The second-order valence-corrected chi connectivity index (χ2v) is 8.38. The van der Waals surface area contributed by atoms with Crippen molar-refractivity contribution in [2.24, 2.45) is 0 Å². The highest BCUT2D eigenvalue weighted by molar-refractivity contribution is 7.99. The van der Waals surface area contributed by atoms with Gasteiger partial charge in [0.1, 0.15) is 0 Å². The Morgan fingerprint density at radius 3 is 2.29 bits per heavy atom. The number of thioether (sulfide) groups is 1. The first-order chi connectivity index (χ1) is 13.6. The molecule has 1 N–H and O–H groups in total. The average molecular weight is 397 g/mol. The zero-order valence-corrected chi connectivity index (χ0v) is 16.6. The van der Waals surface area contributed by atoms with E-state index in [4.69, 9.17) is 5.11 Å². The number of carbonyl (C=O) groups excluding carboxylic acids is 1. The zero-order valence-electron chi connectivity index (χ0n) is 15.8. The molecule has 0 unspecified atom stereocenters. The van der Waals surface area contributed by atoms with Crippen LogP contribution in [0.2, 0.25) is 0 Å². The fraction of sp³-hybridized carbons (Fsp3) is 0.364. The minimum Gasteiger partial charge on any atom is -0.478 e. The Labute approximate surface area is 169 Å². The van der Waals surface area contributed by atoms with Gasteiger partial charge < -0.3 is 14.9 Å². The van der Waals surface area contributed by atoms with Gasteiger partial charge in [0.2, 0.25) is 0 Å². The molecule has 0 spiro atoms. The van der Waals surface area contributed by atoms with Gasteiger partial charge in [-0.15, -0.1) is 11.8 Å². The number of hydrogen-bond acceptors (Lipinski definition) is 4. The first kappa shape index (κ1) is 18.9. The molecule has 0 atom stereocenters. The molecular weight excluding hydrogens is 372 g/mol. The minimum atomic E-state index is -0.917. The quantitative estimate of drug-likeness (QED) is 0.819. The lowest BCUT2D eigenvalue weighted by molar-refractivity contribution is 0.0694. The molecule has 0 saturated carbocycles. The Bertz CT molecular complexity index is 876. The zero-order chi connectivity index (χ0) is 19.5. The summed E-state index contributed by atoms with van der Waals surface area (Å²) in [6.45, 7) is 2.57. The fourth-order valence-corrected chi connectivity index (χ4v) is 4.87. The second-order valence-electron chi connectivity index (χ2n) is 7.24. The van der Waals surface area contributed by atoms with Crippen LogP contribution in [0.5, 0.6) is 0 Å². The lowest BCUT2D eigenvalue weighted by Gasteiger charge is -2.28. The summed E-state index contributed by atoms with van der Waals surface area (Å²) in [4.78, 5) is 29.3. The standard InChI is InChI=1S/C22H24N2O3S/c25-21(23-11-2-1-3-12-23)17-7-10-19-20(15-17)28-14-4-13-24(19)18-8-5-16(6-9-18)22(26)27/h5-10,15H,1-4,11-14H2,(H,26,27). The van der Waals surface area contributed by atoms with Gasteiger partial charge in [0.15, 0.2) is 0 Å². The van der Waals surface area contributed by atoms with Crippen molar-refractivity contribution in [2.45, 2.75) is 30.6 Å². The van der Waals surface area contributed by atoms with Crippen LogP contribution in [0.1, 0.15) is 46.4 Å². The van der Waals surface area contributed by atoms with Crippen LogP contribution < -0.4 is 4.90 Å². The number of anilines is 2. The van der Waals surface area contributed by atoms with Crippen molar-refractivity contribution in [3.05, 3.63) is 53.6 Å². The van der Waals surface area contributed by atoms with Crippen LogP contribution in [0.25, 0.3) is 0 Å². The Hall–Kier alpha value is -2.47. The summed E-state index contributed by atoms with van der Waals surface area (Å²) < 4.78 is 0. The molecule has 2 heterocycles. The van der Waals surface area contributed by atoms with E-state index >= 15 is 0 Å². The molecule has 1 saturated heterocycles. The van der Waals surface area contributed by atoms with Crippen molar-refractivity contribution in [3.8, 4) is 0 Å². The predicted molar refractivity (Wildman–Crippen MR) is 112 cm³/mol. The number of carboxylic acid groups (broad SMARTS) is 1. The normalized spacial score (nSPS) is 17.0. The van der Waals surface area contributed by atoms with E-state index in [0.29, 0.717) is 0 Å². The van der Waals surface area contributed by atoms with E-state index in [1.165, 1.54) is 6.42 Å². The number of carboxylic acids is 1. The second kappa shape index (κ2) is 8.27. The Balaban J connectivity index is 1.63. The van der Waals surface area contributed by atoms with Gasteiger partial charge in [-0.3, -0.25) is 4.79 Å². The molecule has 28 heavy (non-hydrogen) atoms. The molecule has 6 heteroatoms. The number of amides is 1. The molecule has 2 aliphatic rings. The van der Waals surface area contributed by atoms with Gasteiger partial charge in [0, 0.05) is 35.8 Å². The summed E-state index contributed by atoms with van der Waals surface area (Å²) in [5, 5.41) is 9.13. The Kier molecular flexibility index (Phi) is 5.57. The molecule has 1 amide bonds. The Morgan fingerprint density at radius 1 is 0.857 bits per heavy atom. The molecule has 2 aromatic rings. The summed E-state index contributed by atoms with van der Waals surface area (Å²) in [7, 11) is 0. The summed E-state index contributed by atoms with van der Waals surface area (Å²) >= 11 is 1.79. The molecule has 5 nitrogen and oxygen atoms in total. The molecule has 146 valence electrons. The number of hydrogen-bond donors (Lipinski definition) is 1. The van der Waals surface area contributed by atoms with E-state index in [1.54, 1.807) is 23.9 Å². The van der Waals surface area contributed by atoms with E-state index in [9.17, 15) is 9.59 Å². The van der Waals surface area contributed by atoms with Crippen molar-refractivity contribution < 1.29 is 14.7 Å². The SMILES string of the molecule is O=C(O)c1ccc(N2CCCSc3cc(C(=O)N4CCCCC4)ccc32)cc1. The largest absolute Gasteiger partial charge is 0.478 e. The van der Waals surface area contributed by atoms with Crippen LogP contribution in [0.15, 0.2) is 47.4 Å². The number of benzene rings is 2. The molecule has 0 bridgehead atoms. The van der Waals surface area contributed by atoms with Crippen LogP contribution in [-0.4, -0.2) is 47.3 Å². The van der Waals surface area contributed by atoms with Crippen LogP contribution in [0, 0.1) is 0 Å². The third-order valence-corrected chi connectivity index (χ3v) is 6.48. The molecule has 0 aliphatic carbocycles. The molecule has 2 aromatic carbocycles. The third-order valence-electron chi connectivity index (χ3n) is 5.35. The molecule has 1 fully saturated rings. The number of carbonyl (C=O) groups is 2. The van der Waals surface area contributed by atoms with Crippen molar-refractivity contribution >= 4 is 35.0 Å². The first-order valence-corrected chi connectivity index (χ1v) is 10.8. The van der Waals surface area contributed by atoms with E-state index in [-0.39, 0.29) is 11.5 Å². The van der Waals surface area contributed by atoms with E-state index < -0.39 is 5.97 Å². The summed E-state index contributed by atoms with van der Waals surface area (Å²) in [6.07, 6.45) is 4.41. The van der Waals surface area contributed by atoms with Crippen molar-refractivity contribution in [1.82, 2.24) is 4.90 Å². The van der Waals surface area contributed by atoms with Crippen LogP contribution in [0.4, 0.5) is 11.4 Å². The maximum absolute atomic E-state index is 12.9. The summed E-state index contributed by atoms with van der Waals surface area (Å²) in [5.41, 5.74) is 3.11. The number of nitrogens with zero attached hydrogens (tertiary/aromatic N) is 2. The van der Waals surface area contributed by atoms with Gasteiger partial charge in [0.25, 0.3) is 5.91 Å². The highest BCUT2D eigenvalue weighted by Crippen LogP contribution is 2.38. The smallest absolute Gasteiger partial charge is 0.335 e. The average Bonchev–Trinajstić information content (AvgIpc) is 2.96. The van der Waals surface area contributed by atoms with Crippen molar-refractivity contribution in [1.29, 1.82) is 0 Å². The number of aromatic carboxylic acids is 1. The van der Waals surface area contributed by atoms with E-state index in [2.05, 4.69) is 4.90 Å². The maximum atomic E-state index is 12.9. The number of fused-ring (bicyclic) bond motifs is 1. The van der Waals surface area contributed by atoms with Gasteiger partial charge in [-0.25, -0.2) is 4.79 Å². The lowest BCUT2D eigenvalue weighted by Crippen LogP contribution is -2.35. The van der Waals surface area contributed by atoms with Crippen LogP contribution in [0.3, 0.4) is 0 Å². The maximum Gasteiger partial charge on any atom is 0.335 e. The topological polar surface area (TPSA) is 60.9 Å². The van der Waals surface area contributed by atoms with E-state index in [0.717, 1.165) is 66.5 Å². The predicted octanol–water partition coefficient (Wildman–Crippen LogP) is 4.64. The molecule has 0 radical (unpaired) electrons. The lowest BCUT2D eigenvalue weighted by atomic mass is 10.1. The van der Waals surface area contributed by atoms with Crippen LogP contribution >= 0.6 is 11.8 Å². The number of likely N-dealkylation sites (tertiary alicyclic amines) is 1. The van der Waals surface area contributed by atoms with Gasteiger partial charge in [-0.05, 0) is 73.9 Å². The van der Waals surface area contributed by atoms with Gasteiger partial charge in [-0.2, -0.15) is 0 Å². The van der Waals surface area contributed by atoms with Crippen LogP contribution in [-0.2, 0) is 0 Å². The molecule has 4 rings (SSSR count). The van der Waals surface area contributed by atoms with Gasteiger partial charge in [0.05, 0.1) is 11.3 Å². The Morgan fingerprint density at radius 2 is 1.57 bits per heavy atom. The van der Waals surface area contributed by atoms with Gasteiger partial charge in [-0.1, -0.05) is 0 Å². The monoisotopic (exact) mass is 396 g/mol. The van der Waals surface area contributed by atoms with Crippen molar-refractivity contribution in [2.75, 3.05) is 30.3 Å². The van der Waals surface area contributed by atoms with Gasteiger partial charge >= 0.3 is 5.97 Å². The molecule has 2 aliphatic heterocycles. The number of rotatable bonds is 3. The summed E-state index contributed by atoms with van der Waals surface area (Å²) in [6, 6.07) is 13.0. The number of piperidine rings is 1.